The quantitative estimate of drug-likeness (QED) is 0.721. The van der Waals surface area contributed by atoms with Gasteiger partial charge in [-0.15, -0.1) is 0 Å². The van der Waals surface area contributed by atoms with Crippen molar-refractivity contribution in [3.05, 3.63) is 0 Å². The van der Waals surface area contributed by atoms with Crippen LogP contribution in [0.2, 0.25) is 18.1 Å². The van der Waals surface area contributed by atoms with Gasteiger partial charge in [-0.05, 0) is 24.6 Å². The van der Waals surface area contributed by atoms with E-state index in [1.807, 2.05) is 0 Å². The van der Waals surface area contributed by atoms with Crippen molar-refractivity contribution in [2.75, 3.05) is 13.1 Å². The molecule has 84 valence electrons. The molecule has 1 atom stereocenters. The van der Waals surface area contributed by atoms with Gasteiger partial charge in [0.25, 0.3) is 0 Å². The zero-order chi connectivity index (χ0) is 11.0. The van der Waals surface area contributed by atoms with Gasteiger partial charge in [0.15, 0.2) is 8.32 Å². The van der Waals surface area contributed by atoms with E-state index >= 15 is 0 Å². The minimum absolute atomic E-state index is 0.237. The summed E-state index contributed by atoms with van der Waals surface area (Å²) in [5, 5.41) is 10.9. The average Bonchev–Trinajstić information content (AvgIpc) is 2.31. The summed E-state index contributed by atoms with van der Waals surface area (Å²) in [6.07, 6.45) is 1.20. The van der Waals surface area contributed by atoms with Crippen molar-refractivity contribution in [3.8, 4) is 0 Å². The van der Waals surface area contributed by atoms with E-state index in [1.54, 1.807) is 0 Å². The number of rotatable bonds is 2. The first kappa shape index (κ1) is 12.2. The second kappa shape index (κ2) is 3.93. The average molecular weight is 217 g/mol. The standard InChI is InChI=1S/C10H23NO2Si/c1-10(2,3)14(4,5)13-9-6-7-11(12)8-9/h9,12H,6-8H2,1-5H3/t9-/m0/s1. The first-order chi connectivity index (χ1) is 6.22. The van der Waals surface area contributed by atoms with Crippen LogP contribution in [0.5, 0.6) is 0 Å². The third kappa shape index (κ3) is 2.79. The molecule has 1 heterocycles. The Morgan fingerprint density at radius 2 is 1.93 bits per heavy atom. The van der Waals surface area contributed by atoms with Gasteiger partial charge < -0.3 is 9.63 Å². The Bertz CT molecular complexity index is 201. The van der Waals surface area contributed by atoms with Gasteiger partial charge in [0.2, 0.25) is 0 Å². The lowest BCUT2D eigenvalue weighted by molar-refractivity contribution is -0.0751. The van der Waals surface area contributed by atoms with Crippen LogP contribution in [0.25, 0.3) is 0 Å². The fourth-order valence-corrected chi connectivity index (χ4v) is 2.78. The van der Waals surface area contributed by atoms with Crippen LogP contribution < -0.4 is 0 Å². The Morgan fingerprint density at radius 1 is 1.36 bits per heavy atom. The van der Waals surface area contributed by atoms with E-state index in [2.05, 4.69) is 33.9 Å². The molecule has 0 bridgehead atoms. The van der Waals surface area contributed by atoms with E-state index in [0.717, 1.165) is 13.0 Å². The molecule has 0 aromatic carbocycles. The lowest BCUT2D eigenvalue weighted by atomic mass is 10.2. The first-order valence-corrected chi connectivity index (χ1v) is 8.25. The van der Waals surface area contributed by atoms with Crippen LogP contribution in [0.4, 0.5) is 0 Å². The molecule has 1 fully saturated rings. The highest BCUT2D eigenvalue weighted by atomic mass is 28.4. The molecule has 0 unspecified atom stereocenters. The summed E-state index contributed by atoms with van der Waals surface area (Å²) in [6.45, 7) is 12.7. The highest BCUT2D eigenvalue weighted by Crippen LogP contribution is 2.38. The molecule has 0 aliphatic carbocycles. The summed E-state index contributed by atoms with van der Waals surface area (Å²) in [4.78, 5) is 0. The summed E-state index contributed by atoms with van der Waals surface area (Å²) in [5.41, 5.74) is 0. The molecule has 1 N–H and O–H groups in total. The molecule has 14 heavy (non-hydrogen) atoms. The smallest absolute Gasteiger partial charge is 0.192 e. The van der Waals surface area contributed by atoms with Crippen molar-refractivity contribution >= 4 is 8.32 Å². The van der Waals surface area contributed by atoms with Gasteiger partial charge in [0.1, 0.15) is 0 Å². The molecular weight excluding hydrogens is 194 g/mol. The summed E-state index contributed by atoms with van der Waals surface area (Å²) >= 11 is 0. The van der Waals surface area contributed by atoms with Crippen molar-refractivity contribution in [3.63, 3.8) is 0 Å². The van der Waals surface area contributed by atoms with Gasteiger partial charge in [-0.3, -0.25) is 0 Å². The molecule has 4 heteroatoms. The molecule has 1 rings (SSSR count). The Hall–Kier alpha value is 0.0969. The Kier molecular flexibility index (Phi) is 3.41. The van der Waals surface area contributed by atoms with Crippen LogP contribution in [0, 0.1) is 0 Å². The Labute approximate surface area is 88.1 Å². The van der Waals surface area contributed by atoms with Crippen LogP contribution in [0.3, 0.4) is 0 Å². The van der Waals surface area contributed by atoms with Crippen LogP contribution in [0.1, 0.15) is 27.2 Å². The second-order valence-corrected chi connectivity index (χ2v) is 10.5. The first-order valence-electron chi connectivity index (χ1n) is 5.34. The highest BCUT2D eigenvalue weighted by Gasteiger charge is 2.40. The van der Waals surface area contributed by atoms with E-state index in [1.165, 1.54) is 5.06 Å². The van der Waals surface area contributed by atoms with Crippen molar-refractivity contribution < 1.29 is 9.63 Å². The van der Waals surface area contributed by atoms with Crippen molar-refractivity contribution in [2.45, 2.75) is 51.4 Å². The van der Waals surface area contributed by atoms with Crippen LogP contribution in [-0.2, 0) is 4.43 Å². The maximum atomic E-state index is 9.27. The number of nitrogens with zero attached hydrogens (tertiary/aromatic N) is 1. The SMILES string of the molecule is CC(C)(C)[Si](C)(C)O[C@H]1CCN(O)C1. The lowest BCUT2D eigenvalue weighted by Gasteiger charge is -2.38. The summed E-state index contributed by atoms with van der Waals surface area (Å²) < 4.78 is 6.17. The van der Waals surface area contributed by atoms with Gasteiger partial charge >= 0.3 is 0 Å². The highest BCUT2D eigenvalue weighted by molar-refractivity contribution is 6.74. The fourth-order valence-electron chi connectivity index (χ4n) is 1.40. The van der Waals surface area contributed by atoms with Crippen LogP contribution in [-0.4, -0.2) is 37.8 Å². The third-order valence-electron chi connectivity index (χ3n) is 3.39. The minimum atomic E-state index is -1.64. The monoisotopic (exact) mass is 217 g/mol. The van der Waals surface area contributed by atoms with Gasteiger partial charge in [0, 0.05) is 13.1 Å². The zero-order valence-electron chi connectivity index (χ0n) is 10.0. The number of hydroxylamine groups is 2. The molecule has 0 aromatic heterocycles. The van der Waals surface area contributed by atoms with Crippen LogP contribution >= 0.6 is 0 Å². The van der Waals surface area contributed by atoms with Gasteiger partial charge in [-0.1, -0.05) is 20.8 Å². The normalized spacial score (nSPS) is 25.7. The Morgan fingerprint density at radius 3 is 2.29 bits per heavy atom. The van der Waals surface area contributed by atoms with E-state index < -0.39 is 8.32 Å². The molecule has 1 aliphatic rings. The molecule has 0 aromatic rings. The molecule has 0 radical (unpaired) electrons. The van der Waals surface area contributed by atoms with Gasteiger partial charge in [-0.25, -0.2) is 0 Å². The summed E-state index contributed by atoms with van der Waals surface area (Å²) in [6, 6.07) is 0. The van der Waals surface area contributed by atoms with E-state index in [9.17, 15) is 5.21 Å². The molecule has 0 amide bonds. The minimum Gasteiger partial charge on any atom is -0.412 e. The lowest BCUT2D eigenvalue weighted by Crippen LogP contribution is -2.44. The summed E-state index contributed by atoms with van der Waals surface area (Å²) in [7, 11) is -1.64. The molecule has 1 saturated heterocycles. The maximum absolute atomic E-state index is 9.27. The van der Waals surface area contributed by atoms with Crippen molar-refractivity contribution in [2.24, 2.45) is 0 Å². The molecule has 1 aliphatic heterocycles. The molecular formula is C10H23NO2Si. The van der Waals surface area contributed by atoms with Gasteiger partial charge in [0.05, 0.1) is 6.10 Å². The third-order valence-corrected chi connectivity index (χ3v) is 7.93. The van der Waals surface area contributed by atoms with E-state index in [4.69, 9.17) is 4.43 Å². The molecule has 0 spiro atoms. The Balaban J connectivity index is 2.51. The van der Waals surface area contributed by atoms with Crippen molar-refractivity contribution in [1.29, 1.82) is 0 Å². The van der Waals surface area contributed by atoms with Crippen LogP contribution in [0.15, 0.2) is 0 Å². The van der Waals surface area contributed by atoms with E-state index in [0.29, 0.717) is 6.54 Å². The largest absolute Gasteiger partial charge is 0.412 e. The predicted octanol–water partition coefficient (Wildman–Crippen LogP) is 2.47. The summed E-state index contributed by atoms with van der Waals surface area (Å²) in [5.74, 6) is 0. The second-order valence-electron chi connectivity index (χ2n) is 5.70. The maximum Gasteiger partial charge on any atom is 0.192 e. The number of hydrogen-bond donors (Lipinski definition) is 1. The number of hydrogen-bond acceptors (Lipinski definition) is 3. The fraction of sp³-hybridized carbons (Fsp3) is 1.00. The molecule has 0 saturated carbocycles. The molecule has 3 nitrogen and oxygen atoms in total. The van der Waals surface area contributed by atoms with E-state index in [-0.39, 0.29) is 11.1 Å². The predicted molar refractivity (Wildman–Crippen MR) is 60.0 cm³/mol. The van der Waals surface area contributed by atoms with Crippen molar-refractivity contribution in [1.82, 2.24) is 5.06 Å². The van der Waals surface area contributed by atoms with Gasteiger partial charge in [-0.2, -0.15) is 5.06 Å². The zero-order valence-corrected chi connectivity index (χ0v) is 11.0. The topological polar surface area (TPSA) is 32.7 Å².